The summed E-state index contributed by atoms with van der Waals surface area (Å²) in [6.45, 7) is 0. The molecule has 10 heteroatoms. The summed E-state index contributed by atoms with van der Waals surface area (Å²) in [4.78, 5) is 20.7. The minimum absolute atomic E-state index is 0. The van der Waals surface area contributed by atoms with E-state index in [-0.39, 0.29) is 47.1 Å². The van der Waals surface area contributed by atoms with Crippen molar-refractivity contribution in [2.45, 2.75) is 0 Å². The average Bonchev–Trinajstić information content (AvgIpc) is 3.00. The summed E-state index contributed by atoms with van der Waals surface area (Å²) in [5, 5.41) is 21.2. The van der Waals surface area contributed by atoms with Gasteiger partial charge >= 0.3 is 26.2 Å². The summed E-state index contributed by atoms with van der Waals surface area (Å²) in [6, 6.07) is 24.4. The van der Waals surface area contributed by atoms with Gasteiger partial charge in [0, 0.05) is 16.1 Å². The van der Waals surface area contributed by atoms with Gasteiger partial charge in [-0.15, -0.1) is 12.2 Å². The van der Waals surface area contributed by atoms with Crippen molar-refractivity contribution in [3.05, 3.63) is 177 Å². The molecule has 0 bridgehead atoms. The van der Waals surface area contributed by atoms with E-state index in [1.807, 2.05) is 30.3 Å². The zero-order valence-corrected chi connectivity index (χ0v) is 27.5. The van der Waals surface area contributed by atoms with E-state index in [1.165, 1.54) is 36.4 Å². The first-order valence-corrected chi connectivity index (χ1v) is 13.9. The van der Waals surface area contributed by atoms with Crippen LogP contribution in [0, 0.1) is 18.6 Å². The zero-order valence-electron chi connectivity index (χ0n) is 21.7. The molecule has 4 radical (unpaired) electrons. The fourth-order valence-electron chi connectivity index (χ4n) is 2.78. The van der Waals surface area contributed by atoms with E-state index >= 15 is 0 Å². The van der Waals surface area contributed by atoms with E-state index in [1.54, 1.807) is 61.1 Å². The number of allylic oxidation sites excluding steroid dienone is 7. The van der Waals surface area contributed by atoms with Crippen molar-refractivity contribution in [2.75, 3.05) is 0 Å². The van der Waals surface area contributed by atoms with Crippen LogP contribution in [0.4, 0.5) is 0 Å². The number of hydrogen-bond acceptors (Lipinski definition) is 6. The third kappa shape index (κ3) is 13.3. The monoisotopic (exact) mass is 812 g/mol. The molecule has 42 heavy (non-hydrogen) atoms. The van der Waals surface area contributed by atoms with E-state index in [4.69, 9.17) is 23.2 Å². The molecule has 0 saturated carbocycles. The predicted molar refractivity (Wildman–Crippen MR) is 162 cm³/mol. The molecule has 0 spiro atoms. The Labute approximate surface area is 274 Å². The van der Waals surface area contributed by atoms with E-state index in [9.17, 15) is 28.2 Å². The van der Waals surface area contributed by atoms with Gasteiger partial charge in [0.25, 0.3) is 0 Å². The van der Waals surface area contributed by atoms with Crippen LogP contribution < -0.4 is 10.2 Å². The topological polar surface area (TPSA) is 114 Å². The number of rotatable bonds is 4. The second-order valence-corrected chi connectivity index (χ2v) is 10.4. The van der Waals surface area contributed by atoms with Crippen LogP contribution in [0.5, 0.6) is 0 Å². The van der Waals surface area contributed by atoms with Gasteiger partial charge in [-0.1, -0.05) is 77.8 Å². The molecule has 0 aromatic heterocycles. The Morgan fingerprint density at radius 3 is 1.74 bits per heavy atom. The van der Waals surface area contributed by atoms with Crippen molar-refractivity contribution in [1.29, 1.82) is 0 Å². The van der Waals surface area contributed by atoms with Crippen molar-refractivity contribution in [3.63, 3.8) is 0 Å². The molecule has 0 N–H and O–H groups in total. The molecular weight excluding hydrogens is 792 g/mol. The first-order chi connectivity index (χ1) is 19.6. The van der Waals surface area contributed by atoms with Gasteiger partial charge in [-0.25, -0.2) is 8.42 Å². The number of carbonyl (C=O) groups excluding carboxylic acids is 2. The minimum atomic E-state index is -3.45. The van der Waals surface area contributed by atoms with Gasteiger partial charge in [0.1, 0.15) is 6.08 Å². The summed E-state index contributed by atoms with van der Waals surface area (Å²) in [5.74, 6) is -2.41. The van der Waals surface area contributed by atoms with Gasteiger partial charge in [0.05, 0.1) is 30.2 Å². The largest absolute Gasteiger partial charge is 2.00 e. The van der Waals surface area contributed by atoms with E-state index < -0.39 is 21.8 Å². The van der Waals surface area contributed by atoms with Crippen molar-refractivity contribution in [3.8, 4) is 0 Å². The molecule has 3 aromatic rings. The average molecular weight is 813 g/mol. The summed E-state index contributed by atoms with van der Waals surface area (Å²) in [7, 11) is -3.45. The molecule has 0 saturated heterocycles. The molecule has 2 aliphatic rings. The molecule has 3 aromatic carbocycles. The SMILES string of the molecule is O=C([O-])c1cccc(Cl)c1.O=C([O-])c1cccc(Cl)c1.O=S(=O)(C1=C=C[CH-]C=C1)C1=CC=CC=[C+]1.[Bi+2].[c]1ccccc1. The summed E-state index contributed by atoms with van der Waals surface area (Å²) >= 11 is 11.0. The van der Waals surface area contributed by atoms with Crippen LogP contribution in [0.25, 0.3) is 0 Å². The van der Waals surface area contributed by atoms with Gasteiger partial charge < -0.3 is 19.8 Å². The quantitative estimate of drug-likeness (QED) is 0.217. The molecule has 2 aliphatic carbocycles. The third-order valence-electron chi connectivity index (χ3n) is 4.67. The maximum absolute atomic E-state index is 12.0. The fourth-order valence-corrected chi connectivity index (χ4v) is 4.36. The summed E-state index contributed by atoms with van der Waals surface area (Å²) in [6.07, 6.45) is 15.7. The van der Waals surface area contributed by atoms with Crippen LogP contribution in [0.1, 0.15) is 20.7 Å². The maximum atomic E-state index is 12.0. The Kier molecular flexibility index (Phi) is 16.8. The molecule has 0 fully saturated rings. The molecular formula is C32H21BiCl2O6S. The molecule has 0 amide bonds. The molecule has 0 heterocycles. The van der Waals surface area contributed by atoms with Gasteiger partial charge in [-0.3, -0.25) is 5.73 Å². The smallest absolute Gasteiger partial charge is 0.545 e. The number of carboxylic acids is 2. The van der Waals surface area contributed by atoms with Gasteiger partial charge in [-0.05, 0) is 46.4 Å². The second kappa shape index (κ2) is 19.4. The third-order valence-corrected chi connectivity index (χ3v) is 6.80. The van der Waals surface area contributed by atoms with E-state index in [0.29, 0.717) is 10.0 Å². The molecule has 6 nitrogen and oxygen atoms in total. The van der Waals surface area contributed by atoms with Crippen LogP contribution in [0.3, 0.4) is 0 Å². The fraction of sp³-hybridized carbons (Fsp3) is 0. The van der Waals surface area contributed by atoms with Crippen molar-refractivity contribution in [2.24, 2.45) is 0 Å². The molecule has 0 atom stereocenters. The number of halogens is 2. The number of hydrogen-bond donors (Lipinski definition) is 0. The number of sulfone groups is 1. The van der Waals surface area contributed by atoms with Crippen molar-refractivity contribution < 1.29 is 28.2 Å². The van der Waals surface area contributed by atoms with Crippen molar-refractivity contribution in [1.82, 2.24) is 0 Å². The number of aromatic carboxylic acids is 2. The van der Waals surface area contributed by atoms with Crippen LogP contribution in [0.15, 0.2) is 137 Å². The first-order valence-electron chi connectivity index (χ1n) is 11.6. The van der Waals surface area contributed by atoms with Gasteiger partial charge in [0.2, 0.25) is 14.7 Å². The predicted octanol–water partition coefficient (Wildman–Crippen LogP) is 4.54. The Morgan fingerprint density at radius 2 is 1.40 bits per heavy atom. The Balaban J connectivity index is 0.000000291. The van der Waals surface area contributed by atoms with E-state index in [2.05, 4.69) is 17.9 Å². The molecule has 5 rings (SSSR count). The number of carbonyl (C=O) groups is 2. The van der Waals surface area contributed by atoms with Crippen LogP contribution in [-0.2, 0) is 9.84 Å². The molecule has 0 aliphatic heterocycles. The summed E-state index contributed by atoms with van der Waals surface area (Å²) in [5.41, 5.74) is 2.91. The standard InChI is InChI=1S/C12H8O2S.2C7H5ClO2.C6H5.Bi/c13-15(14,11-7-3-1-4-8-11)12-9-5-2-6-10-12;2*8-6-3-1-2-5(4-6)7(9)10;1-2-4-6-5-3-1;/h1-7,9H;2*1-4H,(H,9,10);1-5H;/q;;;;+2/p-2. The normalized spacial score (nSPS) is 12.0. The van der Waals surface area contributed by atoms with Gasteiger partial charge in [0.15, 0.2) is 0 Å². The minimum Gasteiger partial charge on any atom is -0.545 e. The number of carboxylic acid groups (broad SMARTS) is 2. The van der Waals surface area contributed by atoms with Crippen LogP contribution in [-0.4, -0.2) is 46.6 Å². The first kappa shape index (κ1) is 36.3. The Bertz CT molecular complexity index is 1550. The second-order valence-electron chi connectivity index (χ2n) is 7.63. The molecule has 0 unspecified atom stereocenters. The Morgan fingerprint density at radius 1 is 0.833 bits per heavy atom. The summed E-state index contributed by atoms with van der Waals surface area (Å²) < 4.78 is 23.9. The van der Waals surface area contributed by atoms with Crippen molar-refractivity contribution >= 4 is 71.2 Å². The number of benzene rings is 3. The zero-order chi connectivity index (χ0) is 30.1. The molecule has 210 valence electrons. The van der Waals surface area contributed by atoms with Crippen LogP contribution >= 0.6 is 23.2 Å². The Hall–Kier alpha value is -3.73. The van der Waals surface area contributed by atoms with Crippen LogP contribution in [0.2, 0.25) is 10.0 Å². The maximum Gasteiger partial charge on any atom is 2.00 e. The van der Waals surface area contributed by atoms with E-state index in [0.717, 1.165) is 0 Å². The van der Waals surface area contributed by atoms with Gasteiger partial charge in [-0.2, -0.15) is 12.5 Å².